The van der Waals surface area contributed by atoms with E-state index in [2.05, 4.69) is 15.9 Å². The molecule has 5 heteroatoms. The predicted octanol–water partition coefficient (Wildman–Crippen LogP) is 1.82. The summed E-state index contributed by atoms with van der Waals surface area (Å²) in [6.45, 7) is 2.26. The third-order valence-electron chi connectivity index (χ3n) is 1.17. The molecule has 1 atom stereocenters. The minimum Gasteiger partial charge on any atom is -0.466 e. The molecule has 0 saturated carbocycles. The fourth-order valence-electron chi connectivity index (χ4n) is 0.675. The molecule has 2 N–H and O–H groups in total. The Morgan fingerprint density at radius 1 is 1.67 bits per heavy atom. The number of carbonyl (C=O) groups is 1. The first-order chi connectivity index (χ1) is 5.16. The van der Waals surface area contributed by atoms with Gasteiger partial charge in [0.25, 0.3) is 0 Å². The minimum absolute atomic E-state index is 0. The molecule has 0 aromatic heterocycles. The van der Waals surface area contributed by atoms with Crippen LogP contribution in [0.1, 0.15) is 26.2 Å². The maximum absolute atomic E-state index is 10.7. The molecule has 0 aliphatic rings. The Morgan fingerprint density at radius 2 is 2.25 bits per heavy atom. The van der Waals surface area contributed by atoms with Crippen molar-refractivity contribution in [2.75, 3.05) is 6.61 Å². The molecule has 74 valence electrons. The number of hydrogen-bond donors (Lipinski definition) is 1. The van der Waals surface area contributed by atoms with E-state index in [9.17, 15) is 4.79 Å². The highest BCUT2D eigenvalue weighted by Crippen LogP contribution is 2.04. The Labute approximate surface area is 87.6 Å². The number of halogens is 2. The van der Waals surface area contributed by atoms with Gasteiger partial charge in [0.05, 0.1) is 11.6 Å². The van der Waals surface area contributed by atoms with Crippen LogP contribution in [0.3, 0.4) is 0 Å². The molecule has 0 bridgehead atoms. The molecule has 3 nitrogen and oxygen atoms in total. The van der Waals surface area contributed by atoms with Crippen LogP contribution in [0.4, 0.5) is 0 Å². The van der Waals surface area contributed by atoms with E-state index in [0.717, 1.165) is 12.8 Å². The van der Waals surface area contributed by atoms with Crippen molar-refractivity contribution in [2.24, 2.45) is 5.73 Å². The van der Waals surface area contributed by atoms with Crippen LogP contribution in [0.15, 0.2) is 0 Å². The van der Waals surface area contributed by atoms with E-state index in [1.54, 1.807) is 6.92 Å². The Hall–Kier alpha value is 0.200. The first-order valence-electron chi connectivity index (χ1n) is 3.72. The van der Waals surface area contributed by atoms with Gasteiger partial charge < -0.3 is 10.5 Å². The third kappa shape index (κ3) is 10.2. The third-order valence-corrected chi connectivity index (χ3v) is 1.62. The van der Waals surface area contributed by atoms with Crippen molar-refractivity contribution < 1.29 is 9.53 Å². The first-order valence-corrected chi connectivity index (χ1v) is 4.63. The van der Waals surface area contributed by atoms with Crippen molar-refractivity contribution in [3.8, 4) is 0 Å². The summed E-state index contributed by atoms with van der Waals surface area (Å²) >= 11 is 3.19. The van der Waals surface area contributed by atoms with Gasteiger partial charge in [0, 0.05) is 6.42 Å². The number of carbonyl (C=O) groups excluding carboxylic acids is 1. The molecule has 0 aromatic carbocycles. The summed E-state index contributed by atoms with van der Waals surface area (Å²) in [6.07, 6.45) is 2.05. The van der Waals surface area contributed by atoms with Gasteiger partial charge in [-0.15, -0.1) is 12.4 Å². The van der Waals surface area contributed by atoms with Crippen molar-refractivity contribution in [1.29, 1.82) is 0 Å². The van der Waals surface area contributed by atoms with E-state index in [0.29, 0.717) is 13.0 Å². The van der Waals surface area contributed by atoms with Crippen LogP contribution in [-0.2, 0) is 9.53 Å². The number of ether oxygens (including phenoxy) is 1. The second kappa shape index (κ2) is 9.29. The van der Waals surface area contributed by atoms with Gasteiger partial charge in [-0.3, -0.25) is 4.79 Å². The molecule has 0 spiro atoms. The largest absolute Gasteiger partial charge is 0.466 e. The Morgan fingerprint density at radius 3 is 2.67 bits per heavy atom. The summed E-state index contributed by atoms with van der Waals surface area (Å²) in [5, 5.41) is 0. The Bertz CT molecular complexity index is 122. The molecule has 0 aliphatic heterocycles. The van der Waals surface area contributed by atoms with Gasteiger partial charge in [0.15, 0.2) is 0 Å². The minimum atomic E-state index is -0.138. The van der Waals surface area contributed by atoms with E-state index in [-0.39, 0.29) is 23.3 Å². The fourth-order valence-corrected chi connectivity index (χ4v) is 0.998. The lowest BCUT2D eigenvalue weighted by Gasteiger charge is -2.02. The number of hydrogen-bond acceptors (Lipinski definition) is 3. The van der Waals surface area contributed by atoms with Gasteiger partial charge in [0.2, 0.25) is 0 Å². The molecule has 0 aliphatic carbocycles. The maximum atomic E-state index is 10.7. The van der Waals surface area contributed by atoms with Crippen LogP contribution in [-0.4, -0.2) is 17.5 Å². The van der Waals surface area contributed by atoms with Crippen LogP contribution in [0.25, 0.3) is 0 Å². The van der Waals surface area contributed by atoms with Gasteiger partial charge in [-0.05, 0) is 19.8 Å². The number of alkyl halides is 1. The maximum Gasteiger partial charge on any atom is 0.305 e. The Kier molecular flexibility index (Phi) is 11.4. The molecule has 0 heterocycles. The van der Waals surface area contributed by atoms with Gasteiger partial charge in [-0.1, -0.05) is 15.9 Å². The second-order valence-electron chi connectivity index (χ2n) is 2.21. The summed E-state index contributed by atoms with van der Waals surface area (Å²) < 4.78 is 4.73. The smallest absolute Gasteiger partial charge is 0.305 e. The number of rotatable bonds is 5. The van der Waals surface area contributed by atoms with Crippen molar-refractivity contribution >= 4 is 34.3 Å². The SMILES string of the molecule is CCOC(=O)CCCC(N)Br.Cl. The van der Waals surface area contributed by atoms with Crippen molar-refractivity contribution in [3.63, 3.8) is 0 Å². The van der Waals surface area contributed by atoms with E-state index in [1.165, 1.54) is 0 Å². The van der Waals surface area contributed by atoms with Crippen molar-refractivity contribution in [2.45, 2.75) is 31.1 Å². The number of esters is 1. The highest BCUT2D eigenvalue weighted by Gasteiger charge is 2.02. The van der Waals surface area contributed by atoms with Gasteiger partial charge in [-0.25, -0.2) is 0 Å². The van der Waals surface area contributed by atoms with Crippen molar-refractivity contribution in [1.82, 2.24) is 0 Å². The average Bonchev–Trinajstić information content (AvgIpc) is 1.87. The van der Waals surface area contributed by atoms with E-state index in [1.807, 2.05) is 0 Å². The molecule has 12 heavy (non-hydrogen) atoms. The van der Waals surface area contributed by atoms with E-state index < -0.39 is 0 Å². The molecule has 1 unspecified atom stereocenters. The lowest BCUT2D eigenvalue weighted by molar-refractivity contribution is -0.143. The fraction of sp³-hybridized carbons (Fsp3) is 0.857. The van der Waals surface area contributed by atoms with Gasteiger partial charge in [0.1, 0.15) is 0 Å². The summed E-state index contributed by atoms with van der Waals surface area (Å²) in [4.78, 5) is 10.7. The summed E-state index contributed by atoms with van der Waals surface area (Å²) in [6, 6.07) is 0. The van der Waals surface area contributed by atoms with Gasteiger partial charge in [-0.2, -0.15) is 0 Å². The highest BCUT2D eigenvalue weighted by atomic mass is 79.9. The second-order valence-corrected chi connectivity index (χ2v) is 3.39. The monoisotopic (exact) mass is 259 g/mol. The van der Waals surface area contributed by atoms with Crippen LogP contribution in [0.5, 0.6) is 0 Å². The molecule has 0 rings (SSSR count). The lowest BCUT2D eigenvalue weighted by Crippen LogP contribution is -2.11. The topological polar surface area (TPSA) is 52.3 Å². The van der Waals surface area contributed by atoms with Crippen LogP contribution in [0, 0.1) is 0 Å². The number of nitrogens with two attached hydrogens (primary N) is 1. The van der Waals surface area contributed by atoms with Crippen LogP contribution >= 0.6 is 28.3 Å². The molecule has 0 fully saturated rings. The highest BCUT2D eigenvalue weighted by molar-refractivity contribution is 9.09. The normalized spacial score (nSPS) is 11.6. The first kappa shape index (κ1) is 14.7. The van der Waals surface area contributed by atoms with E-state index >= 15 is 0 Å². The standard InChI is InChI=1S/C7H14BrNO2.ClH/c1-2-11-7(10)5-3-4-6(8)9;/h6H,2-5,9H2,1H3;1H. The summed E-state index contributed by atoms with van der Waals surface area (Å²) in [5.41, 5.74) is 5.42. The van der Waals surface area contributed by atoms with E-state index in [4.69, 9.17) is 10.5 Å². The lowest BCUT2D eigenvalue weighted by atomic mass is 10.2. The zero-order valence-corrected chi connectivity index (χ0v) is 9.49. The zero-order chi connectivity index (χ0) is 8.69. The van der Waals surface area contributed by atoms with Gasteiger partial charge >= 0.3 is 5.97 Å². The zero-order valence-electron chi connectivity index (χ0n) is 7.09. The quantitative estimate of drug-likeness (QED) is 0.466. The molecule has 0 saturated heterocycles. The van der Waals surface area contributed by atoms with Crippen LogP contribution < -0.4 is 5.73 Å². The molecular formula is C7H15BrClNO2. The van der Waals surface area contributed by atoms with Crippen LogP contribution in [0.2, 0.25) is 0 Å². The molecule has 0 radical (unpaired) electrons. The average molecular weight is 261 g/mol. The Balaban J connectivity index is 0. The van der Waals surface area contributed by atoms with Crippen molar-refractivity contribution in [3.05, 3.63) is 0 Å². The predicted molar refractivity (Wildman–Crippen MR) is 54.6 cm³/mol. The molecule has 0 aromatic rings. The summed E-state index contributed by atoms with van der Waals surface area (Å²) in [7, 11) is 0. The molecule has 0 amide bonds. The molecular weight excluding hydrogens is 245 g/mol. The summed E-state index contributed by atoms with van der Waals surface area (Å²) in [5.74, 6) is -0.138.